The Labute approximate surface area is 57.4 Å². The molecule has 6 heteroatoms. The van der Waals surface area contributed by atoms with Crippen molar-refractivity contribution in [3.05, 3.63) is 0 Å². The molecule has 7 heavy (non-hydrogen) atoms. The molecule has 0 unspecified atom stereocenters. The molecule has 0 rings (SSSR count). The molecular formula is CH2BCl3NP. The summed E-state index contributed by atoms with van der Waals surface area (Å²) in [6, 6.07) is 0. The van der Waals surface area contributed by atoms with Gasteiger partial charge in [-0.25, -0.2) is 0 Å². The van der Waals surface area contributed by atoms with Crippen molar-refractivity contribution in [2.24, 2.45) is 0 Å². The molecule has 1 nitrogen and oxygen atoms in total. The molecule has 0 spiro atoms. The molecule has 0 N–H and O–H groups in total. The van der Waals surface area contributed by atoms with Crippen LogP contribution in [0.1, 0.15) is 0 Å². The van der Waals surface area contributed by atoms with E-state index in [9.17, 15) is 0 Å². The number of nitrogens with zero attached hydrogens (tertiary/aromatic N) is 1. The molecule has 0 aliphatic rings. The van der Waals surface area contributed by atoms with E-state index in [-0.39, 0.29) is 7.00 Å². The summed E-state index contributed by atoms with van der Waals surface area (Å²) in [5.41, 5.74) is 0. The van der Waals surface area contributed by atoms with Crippen molar-refractivity contribution >= 4 is 45.9 Å². The van der Waals surface area contributed by atoms with E-state index < -0.39 is 5.20 Å². The summed E-state index contributed by atoms with van der Waals surface area (Å²) < 4.78 is 0. The van der Waals surface area contributed by atoms with E-state index in [4.69, 9.17) is 39.0 Å². The molecule has 0 aromatic heterocycles. The second kappa shape index (κ2) is 3.00. The third-order valence-corrected chi connectivity index (χ3v) is 2.04. The van der Waals surface area contributed by atoms with Crippen LogP contribution in [0.4, 0.5) is 0 Å². The molecule has 0 aromatic rings. The van der Waals surface area contributed by atoms with Gasteiger partial charge in [-0.05, 0) is 0 Å². The zero-order valence-electron chi connectivity index (χ0n) is 3.29. The van der Waals surface area contributed by atoms with Crippen molar-refractivity contribution < 1.29 is 0 Å². The summed E-state index contributed by atoms with van der Waals surface area (Å²) >= 11 is 15.8. The summed E-state index contributed by atoms with van der Waals surface area (Å²) in [7, 11) is 0. The fourth-order valence-corrected chi connectivity index (χ4v) is 0.807. The number of nitriles is 1. The van der Waals surface area contributed by atoms with Crippen LogP contribution < -0.4 is 0 Å². The van der Waals surface area contributed by atoms with Crippen molar-refractivity contribution in [3.63, 3.8) is 0 Å². The van der Waals surface area contributed by atoms with Crippen molar-refractivity contribution in [3.8, 4) is 5.97 Å². The number of halogens is 3. The van der Waals surface area contributed by atoms with Gasteiger partial charge in [0.1, 0.15) is 0 Å². The topological polar surface area (TPSA) is 23.8 Å². The monoisotopic (exact) mass is 175 g/mol. The van der Waals surface area contributed by atoms with Gasteiger partial charge in [0.05, 0.1) is 0 Å². The van der Waals surface area contributed by atoms with E-state index in [1.807, 2.05) is 0 Å². The standard InChI is InChI=1S/CH2BCl3NP/c3-7(4,5)2-1-6/h2,7H. The average molecular weight is 176 g/mol. The van der Waals surface area contributed by atoms with Crippen LogP contribution in [0.15, 0.2) is 0 Å². The molecule has 0 heterocycles. The quantitative estimate of drug-likeness (QED) is 0.443. The third kappa shape index (κ3) is 6.85. The van der Waals surface area contributed by atoms with Crippen LogP contribution in [-0.2, 0) is 0 Å². The van der Waals surface area contributed by atoms with Gasteiger partial charge in [-0.15, -0.1) is 0 Å². The fourth-order valence-electron chi connectivity index (χ4n) is 0.0896. The van der Waals surface area contributed by atoms with Crippen molar-refractivity contribution in [1.82, 2.24) is 0 Å². The van der Waals surface area contributed by atoms with Crippen LogP contribution in [-0.4, -0.2) is 7.00 Å². The van der Waals surface area contributed by atoms with Gasteiger partial charge in [-0.2, -0.15) is 0 Å². The molecule has 0 atom stereocenters. The Hall–Kier alpha value is 0.855. The maximum atomic E-state index is 7.93. The SMILES string of the molecule is N#CB[PH](Cl)(Cl)Cl. The van der Waals surface area contributed by atoms with E-state index in [1.165, 1.54) is 0 Å². The Morgan fingerprint density at radius 1 is 1.43 bits per heavy atom. The van der Waals surface area contributed by atoms with Crippen molar-refractivity contribution in [2.75, 3.05) is 0 Å². The minimum absolute atomic E-state index is 0.0810. The van der Waals surface area contributed by atoms with Crippen LogP contribution in [0.3, 0.4) is 0 Å². The van der Waals surface area contributed by atoms with Gasteiger partial charge in [0, 0.05) is 0 Å². The van der Waals surface area contributed by atoms with Gasteiger partial charge in [-0.3, -0.25) is 0 Å². The second-order valence-corrected chi connectivity index (χ2v) is 10.1. The molecule has 0 amide bonds. The zero-order chi connectivity index (χ0) is 5.91. The third-order valence-electron chi connectivity index (χ3n) is 0.280. The fraction of sp³-hybridized carbons (Fsp3) is 0. The zero-order valence-corrected chi connectivity index (χ0v) is 6.56. The van der Waals surface area contributed by atoms with Gasteiger partial charge < -0.3 is 0 Å². The Bertz CT molecular complexity index is 92.1. The predicted molar refractivity (Wildman–Crippen MR) is 38.6 cm³/mol. The molecule has 0 saturated carbocycles. The molecule has 0 fully saturated rings. The first-order valence-corrected chi connectivity index (χ1v) is 6.74. The molecule has 0 bridgehead atoms. The average Bonchev–Trinajstić information content (AvgIpc) is 1.30. The van der Waals surface area contributed by atoms with Crippen LogP contribution in [0.2, 0.25) is 0 Å². The first-order valence-electron chi connectivity index (χ1n) is 1.50. The predicted octanol–water partition coefficient (Wildman–Crippen LogP) is 2.03. The number of rotatable bonds is 1. The molecule has 40 valence electrons. The summed E-state index contributed by atoms with van der Waals surface area (Å²) in [4.78, 5) is 0. The van der Waals surface area contributed by atoms with E-state index in [2.05, 4.69) is 0 Å². The molecule has 0 aliphatic heterocycles. The van der Waals surface area contributed by atoms with Gasteiger partial charge in [0.2, 0.25) is 0 Å². The van der Waals surface area contributed by atoms with E-state index in [0.29, 0.717) is 0 Å². The summed E-state index contributed by atoms with van der Waals surface area (Å²) in [5, 5.41) is 5.33. The van der Waals surface area contributed by atoms with Crippen LogP contribution in [0.25, 0.3) is 0 Å². The van der Waals surface area contributed by atoms with Crippen LogP contribution in [0, 0.1) is 11.2 Å². The molecule has 0 radical (unpaired) electrons. The van der Waals surface area contributed by atoms with Gasteiger partial charge in [0.15, 0.2) is 0 Å². The number of hydrogen-bond acceptors (Lipinski definition) is 1. The molecule has 0 aliphatic carbocycles. The summed E-state index contributed by atoms with van der Waals surface area (Å²) in [5.74, 6) is 1.77. The van der Waals surface area contributed by atoms with Crippen LogP contribution in [0.5, 0.6) is 0 Å². The second-order valence-electron chi connectivity index (χ2n) is 0.950. The minimum atomic E-state index is -2.60. The first kappa shape index (κ1) is 7.85. The van der Waals surface area contributed by atoms with Crippen molar-refractivity contribution in [2.45, 2.75) is 0 Å². The first-order chi connectivity index (χ1) is 3.06. The van der Waals surface area contributed by atoms with E-state index >= 15 is 0 Å². The van der Waals surface area contributed by atoms with Gasteiger partial charge in [0.25, 0.3) is 0 Å². The van der Waals surface area contributed by atoms with E-state index in [0.717, 1.165) is 0 Å². The maximum absolute atomic E-state index is 7.93. The Morgan fingerprint density at radius 2 is 1.86 bits per heavy atom. The van der Waals surface area contributed by atoms with Gasteiger partial charge >= 0.3 is 57.2 Å². The molecular weight excluding hydrogens is 174 g/mol. The normalized spacial score (nSPS) is 12.3. The van der Waals surface area contributed by atoms with Crippen molar-refractivity contribution in [1.29, 1.82) is 5.26 Å². The Balaban J connectivity index is 3.40. The van der Waals surface area contributed by atoms with Gasteiger partial charge in [-0.1, -0.05) is 0 Å². The summed E-state index contributed by atoms with van der Waals surface area (Å²) in [6.45, 7) is 0.0810. The number of hydrogen-bond donors (Lipinski definition) is 0. The molecule has 0 aromatic carbocycles. The Kier molecular flexibility index (Phi) is 3.36. The molecule has 0 saturated heterocycles. The van der Waals surface area contributed by atoms with Crippen LogP contribution >= 0.6 is 38.9 Å². The van der Waals surface area contributed by atoms with E-state index in [1.54, 1.807) is 5.97 Å². The Morgan fingerprint density at radius 3 is 1.86 bits per heavy atom. The summed E-state index contributed by atoms with van der Waals surface area (Å²) in [6.07, 6.45) is 0.